The molecule has 4 heteroatoms. The fourth-order valence-corrected chi connectivity index (χ4v) is 3.65. The maximum atomic E-state index is 11.0. The molecule has 1 heterocycles. The van der Waals surface area contributed by atoms with E-state index in [0.717, 1.165) is 31.4 Å². The van der Waals surface area contributed by atoms with E-state index in [1.807, 2.05) is 12.1 Å². The molecule has 1 N–H and O–H groups in total. The molecule has 3 rings (SSSR count). The monoisotopic (exact) mass is 369 g/mol. The Balaban J connectivity index is 1.87. The second kappa shape index (κ2) is 7.96. The Morgan fingerprint density at radius 3 is 2.38 bits per heavy atom. The number of rotatable bonds is 7. The second-order valence-corrected chi connectivity index (χ2v) is 7.17. The molecule has 26 heavy (non-hydrogen) atoms. The van der Waals surface area contributed by atoms with E-state index in [9.17, 15) is 4.79 Å². The molecule has 0 bridgehead atoms. The van der Waals surface area contributed by atoms with Crippen molar-refractivity contribution >= 4 is 28.5 Å². The number of carboxylic acid groups (broad SMARTS) is 1. The molecule has 3 nitrogen and oxygen atoms in total. The first-order valence-electron chi connectivity index (χ1n) is 8.97. The molecule has 1 aromatic heterocycles. The Hall–Kier alpha value is -2.26. The Kier molecular flexibility index (Phi) is 5.67. The Labute approximate surface area is 159 Å². The SMILES string of the molecule is Cc1c(C)n(CCCCCl)c2ccc(Cc3ccc(C(=O)O)cc3)cc12. The van der Waals surface area contributed by atoms with Crippen LogP contribution in [0, 0.1) is 13.8 Å². The van der Waals surface area contributed by atoms with Crippen molar-refractivity contribution in [1.29, 1.82) is 0 Å². The van der Waals surface area contributed by atoms with Gasteiger partial charge in [-0.2, -0.15) is 0 Å². The average molecular weight is 370 g/mol. The van der Waals surface area contributed by atoms with Crippen LogP contribution >= 0.6 is 11.6 Å². The fraction of sp³-hybridized carbons (Fsp3) is 0.318. The lowest BCUT2D eigenvalue weighted by Crippen LogP contribution is -2.00. The molecule has 0 fully saturated rings. The van der Waals surface area contributed by atoms with E-state index in [4.69, 9.17) is 16.7 Å². The molecule has 0 aliphatic carbocycles. The number of aromatic carboxylic acids is 1. The molecule has 2 aromatic carbocycles. The van der Waals surface area contributed by atoms with E-state index in [2.05, 4.69) is 36.6 Å². The zero-order valence-electron chi connectivity index (χ0n) is 15.3. The molecule has 0 unspecified atom stereocenters. The zero-order chi connectivity index (χ0) is 18.7. The zero-order valence-corrected chi connectivity index (χ0v) is 16.0. The van der Waals surface area contributed by atoms with Crippen molar-refractivity contribution in [2.75, 3.05) is 5.88 Å². The number of carboxylic acids is 1. The third-order valence-electron chi connectivity index (χ3n) is 5.08. The van der Waals surface area contributed by atoms with E-state index < -0.39 is 5.97 Å². The van der Waals surface area contributed by atoms with Crippen LogP contribution < -0.4 is 0 Å². The van der Waals surface area contributed by atoms with Crippen LogP contribution in [-0.4, -0.2) is 21.5 Å². The summed E-state index contributed by atoms with van der Waals surface area (Å²) in [6.07, 6.45) is 2.92. The van der Waals surface area contributed by atoms with Gasteiger partial charge >= 0.3 is 5.97 Å². The number of nitrogens with zero attached hydrogens (tertiary/aromatic N) is 1. The Bertz CT molecular complexity index is 925. The molecule has 136 valence electrons. The molecule has 0 atom stereocenters. The molecular weight excluding hydrogens is 346 g/mol. The van der Waals surface area contributed by atoms with Crippen molar-refractivity contribution in [2.24, 2.45) is 0 Å². The van der Waals surface area contributed by atoms with Gasteiger partial charge < -0.3 is 9.67 Å². The summed E-state index contributed by atoms with van der Waals surface area (Å²) < 4.78 is 2.39. The van der Waals surface area contributed by atoms with Crippen LogP contribution in [0.15, 0.2) is 42.5 Å². The van der Waals surface area contributed by atoms with Gasteiger partial charge in [0.1, 0.15) is 0 Å². The number of alkyl halides is 1. The summed E-state index contributed by atoms with van der Waals surface area (Å²) in [5, 5.41) is 10.3. The number of halogens is 1. The molecule has 0 amide bonds. The highest BCUT2D eigenvalue weighted by molar-refractivity contribution is 6.17. The number of aryl methyl sites for hydroxylation is 2. The van der Waals surface area contributed by atoms with Gasteiger partial charge in [-0.25, -0.2) is 4.79 Å². The van der Waals surface area contributed by atoms with E-state index in [1.54, 1.807) is 12.1 Å². The number of carbonyl (C=O) groups is 1. The highest BCUT2D eigenvalue weighted by atomic mass is 35.5. The molecular formula is C22H24ClNO2. The molecule has 0 spiro atoms. The second-order valence-electron chi connectivity index (χ2n) is 6.79. The summed E-state index contributed by atoms with van der Waals surface area (Å²) in [5.74, 6) is -0.179. The van der Waals surface area contributed by atoms with E-state index >= 15 is 0 Å². The quantitative estimate of drug-likeness (QED) is 0.437. The van der Waals surface area contributed by atoms with Crippen LogP contribution in [0.1, 0.15) is 45.6 Å². The summed E-state index contributed by atoms with van der Waals surface area (Å²) in [7, 11) is 0. The molecule has 0 saturated carbocycles. The van der Waals surface area contributed by atoms with E-state index in [-0.39, 0.29) is 0 Å². The molecule has 0 aliphatic heterocycles. The van der Waals surface area contributed by atoms with Gasteiger partial charge in [0.05, 0.1) is 5.56 Å². The van der Waals surface area contributed by atoms with Crippen molar-refractivity contribution in [2.45, 2.75) is 39.7 Å². The number of aromatic nitrogens is 1. The van der Waals surface area contributed by atoms with Gasteiger partial charge in [-0.3, -0.25) is 0 Å². The van der Waals surface area contributed by atoms with Crippen molar-refractivity contribution in [3.8, 4) is 0 Å². The number of hydrogen-bond donors (Lipinski definition) is 1. The Morgan fingerprint density at radius 1 is 1.04 bits per heavy atom. The highest BCUT2D eigenvalue weighted by Crippen LogP contribution is 2.27. The topological polar surface area (TPSA) is 42.2 Å². The number of benzene rings is 2. The summed E-state index contributed by atoms with van der Waals surface area (Å²) >= 11 is 5.81. The van der Waals surface area contributed by atoms with Crippen LogP contribution in [0.3, 0.4) is 0 Å². The molecule has 0 saturated heterocycles. The average Bonchev–Trinajstić information content (AvgIpc) is 2.87. The Morgan fingerprint density at radius 2 is 1.73 bits per heavy atom. The normalized spacial score (nSPS) is 11.2. The number of fused-ring (bicyclic) bond motifs is 1. The largest absolute Gasteiger partial charge is 0.478 e. The third kappa shape index (κ3) is 3.78. The van der Waals surface area contributed by atoms with Crippen molar-refractivity contribution in [1.82, 2.24) is 4.57 Å². The summed E-state index contributed by atoms with van der Waals surface area (Å²) in [4.78, 5) is 11.0. The van der Waals surface area contributed by atoms with Crippen molar-refractivity contribution < 1.29 is 9.90 Å². The third-order valence-corrected chi connectivity index (χ3v) is 5.35. The summed E-state index contributed by atoms with van der Waals surface area (Å²) in [6.45, 7) is 5.36. The maximum absolute atomic E-state index is 11.0. The maximum Gasteiger partial charge on any atom is 0.335 e. The molecule has 0 radical (unpaired) electrons. The van der Waals surface area contributed by atoms with Gasteiger partial charge in [-0.1, -0.05) is 18.2 Å². The lowest BCUT2D eigenvalue weighted by Gasteiger charge is -2.08. The van der Waals surface area contributed by atoms with Crippen molar-refractivity contribution in [3.05, 3.63) is 70.4 Å². The predicted molar refractivity (Wildman–Crippen MR) is 108 cm³/mol. The number of unbranched alkanes of at least 4 members (excludes halogenated alkanes) is 1. The van der Waals surface area contributed by atoms with Crippen molar-refractivity contribution in [3.63, 3.8) is 0 Å². The first-order chi connectivity index (χ1) is 12.5. The van der Waals surface area contributed by atoms with E-state index in [0.29, 0.717) is 11.4 Å². The van der Waals surface area contributed by atoms with Crippen LogP contribution in [0.5, 0.6) is 0 Å². The lowest BCUT2D eigenvalue weighted by atomic mass is 10.0. The van der Waals surface area contributed by atoms with Crippen LogP contribution in [-0.2, 0) is 13.0 Å². The molecule has 0 aliphatic rings. The van der Waals surface area contributed by atoms with Gasteiger partial charge in [0.15, 0.2) is 0 Å². The number of hydrogen-bond acceptors (Lipinski definition) is 1. The van der Waals surface area contributed by atoms with Crippen LogP contribution in [0.25, 0.3) is 10.9 Å². The fourth-order valence-electron chi connectivity index (χ4n) is 3.46. The summed E-state index contributed by atoms with van der Waals surface area (Å²) in [5.41, 5.74) is 6.60. The minimum absolute atomic E-state index is 0.324. The van der Waals surface area contributed by atoms with Gasteiger partial charge in [0.25, 0.3) is 0 Å². The van der Waals surface area contributed by atoms with Crippen LogP contribution in [0.4, 0.5) is 0 Å². The molecule has 3 aromatic rings. The van der Waals surface area contributed by atoms with Gasteiger partial charge in [0, 0.05) is 29.0 Å². The first kappa shape index (κ1) is 18.5. The first-order valence-corrected chi connectivity index (χ1v) is 9.51. The predicted octanol–water partition coefficient (Wildman–Crippen LogP) is 5.57. The van der Waals surface area contributed by atoms with Gasteiger partial charge in [-0.15, -0.1) is 11.6 Å². The highest BCUT2D eigenvalue weighted by Gasteiger charge is 2.11. The van der Waals surface area contributed by atoms with Gasteiger partial charge in [0.2, 0.25) is 0 Å². The minimum Gasteiger partial charge on any atom is -0.478 e. The summed E-state index contributed by atoms with van der Waals surface area (Å²) in [6, 6.07) is 13.8. The smallest absolute Gasteiger partial charge is 0.335 e. The van der Waals surface area contributed by atoms with Crippen LogP contribution in [0.2, 0.25) is 0 Å². The van der Waals surface area contributed by atoms with Gasteiger partial charge in [-0.05, 0) is 74.1 Å². The van der Waals surface area contributed by atoms with E-state index in [1.165, 1.54) is 27.7 Å². The standard InChI is InChI=1S/C22H24ClNO2/c1-15-16(2)24(12-4-3-11-23)21-10-7-18(14-20(15)21)13-17-5-8-19(9-6-17)22(25)26/h5-10,14H,3-4,11-13H2,1-2H3,(H,25,26). The minimum atomic E-state index is -0.889. The lowest BCUT2D eigenvalue weighted by molar-refractivity contribution is 0.0697.